The van der Waals surface area contributed by atoms with Crippen LogP contribution in [-0.2, 0) is 6.42 Å². The first kappa shape index (κ1) is 9.80. The molecule has 3 N–H and O–H groups in total. The zero-order valence-corrected chi connectivity index (χ0v) is 7.80. The molecule has 0 radical (unpaired) electrons. The molecule has 1 heterocycles. The van der Waals surface area contributed by atoms with Crippen LogP contribution in [0.1, 0.15) is 23.0 Å². The summed E-state index contributed by atoms with van der Waals surface area (Å²) in [4.78, 5) is 14.3. The number of carbonyl (C=O) groups is 1. The Morgan fingerprint density at radius 1 is 1.77 bits per heavy atom. The summed E-state index contributed by atoms with van der Waals surface area (Å²) in [5.74, 6) is -1.16. The van der Waals surface area contributed by atoms with Gasteiger partial charge in [-0.15, -0.1) is 0 Å². The molecule has 0 saturated heterocycles. The Bertz CT molecular complexity index is 352. The largest absolute Gasteiger partial charge is 0.476 e. The van der Waals surface area contributed by atoms with Crippen LogP contribution in [0.4, 0.5) is 5.69 Å². The van der Waals surface area contributed by atoms with E-state index in [2.05, 4.69) is 4.98 Å². The van der Waals surface area contributed by atoms with Gasteiger partial charge in [0.05, 0.1) is 5.69 Å². The number of hydrogen-bond donors (Lipinski definition) is 2. The fourth-order valence-corrected chi connectivity index (χ4v) is 1.24. The summed E-state index contributed by atoms with van der Waals surface area (Å²) in [5.41, 5.74) is 6.17. The SMILES string of the molecule is CCc1cc(N)c(C(=O)O)nc1Cl. The Morgan fingerprint density at radius 3 is 2.85 bits per heavy atom. The molecule has 0 aliphatic heterocycles. The predicted octanol–water partition coefficient (Wildman–Crippen LogP) is 1.58. The molecule has 70 valence electrons. The summed E-state index contributed by atoms with van der Waals surface area (Å²) in [7, 11) is 0. The van der Waals surface area contributed by atoms with Gasteiger partial charge in [0.2, 0.25) is 0 Å². The van der Waals surface area contributed by atoms with Crippen LogP contribution in [0.15, 0.2) is 6.07 Å². The average molecular weight is 201 g/mol. The van der Waals surface area contributed by atoms with Gasteiger partial charge in [-0.2, -0.15) is 0 Å². The number of carboxylic acids is 1. The van der Waals surface area contributed by atoms with Crippen LogP contribution in [0.5, 0.6) is 0 Å². The minimum absolute atomic E-state index is 0.147. The first-order chi connectivity index (χ1) is 6.06. The van der Waals surface area contributed by atoms with Gasteiger partial charge < -0.3 is 10.8 Å². The highest BCUT2D eigenvalue weighted by atomic mass is 35.5. The lowest BCUT2D eigenvalue weighted by Crippen LogP contribution is -2.07. The van der Waals surface area contributed by atoms with Crippen molar-refractivity contribution in [2.24, 2.45) is 0 Å². The third-order valence-corrected chi connectivity index (χ3v) is 1.99. The van der Waals surface area contributed by atoms with Gasteiger partial charge in [-0.25, -0.2) is 9.78 Å². The Morgan fingerprint density at radius 2 is 2.38 bits per heavy atom. The highest BCUT2D eigenvalue weighted by Crippen LogP contribution is 2.19. The number of anilines is 1. The van der Waals surface area contributed by atoms with Crippen molar-refractivity contribution in [1.29, 1.82) is 0 Å². The Hall–Kier alpha value is -1.29. The topological polar surface area (TPSA) is 76.2 Å². The lowest BCUT2D eigenvalue weighted by molar-refractivity contribution is 0.0692. The van der Waals surface area contributed by atoms with Crippen LogP contribution in [0.2, 0.25) is 5.15 Å². The van der Waals surface area contributed by atoms with Crippen LogP contribution >= 0.6 is 11.6 Å². The number of nitrogen functional groups attached to an aromatic ring is 1. The molecule has 1 aromatic heterocycles. The molecule has 0 bridgehead atoms. The number of carboxylic acid groups (broad SMARTS) is 1. The number of aromatic carboxylic acids is 1. The molecule has 1 aromatic rings. The molecule has 0 aliphatic carbocycles. The zero-order valence-electron chi connectivity index (χ0n) is 7.04. The van der Waals surface area contributed by atoms with Crippen molar-refractivity contribution in [1.82, 2.24) is 4.98 Å². The quantitative estimate of drug-likeness (QED) is 0.711. The molecule has 0 atom stereocenters. The van der Waals surface area contributed by atoms with Gasteiger partial charge in [0, 0.05) is 0 Å². The molecule has 5 heteroatoms. The molecule has 1 rings (SSSR count). The maximum Gasteiger partial charge on any atom is 0.356 e. The Kier molecular flexibility index (Phi) is 2.72. The van der Waals surface area contributed by atoms with E-state index in [1.54, 1.807) is 6.07 Å². The third-order valence-electron chi connectivity index (χ3n) is 1.66. The van der Waals surface area contributed by atoms with Gasteiger partial charge >= 0.3 is 5.97 Å². The second kappa shape index (κ2) is 3.62. The van der Waals surface area contributed by atoms with Gasteiger partial charge in [0.25, 0.3) is 0 Å². The van der Waals surface area contributed by atoms with Gasteiger partial charge in [-0.3, -0.25) is 0 Å². The minimum atomic E-state index is -1.16. The van der Waals surface area contributed by atoms with E-state index in [0.717, 1.165) is 5.56 Å². The second-order valence-electron chi connectivity index (χ2n) is 2.53. The highest BCUT2D eigenvalue weighted by molar-refractivity contribution is 6.30. The maximum atomic E-state index is 10.6. The van der Waals surface area contributed by atoms with E-state index in [0.29, 0.717) is 6.42 Å². The van der Waals surface area contributed by atoms with E-state index in [9.17, 15) is 4.79 Å². The van der Waals surface area contributed by atoms with Crippen molar-refractivity contribution in [3.05, 3.63) is 22.5 Å². The monoisotopic (exact) mass is 200 g/mol. The minimum Gasteiger partial charge on any atom is -0.476 e. The fraction of sp³-hybridized carbons (Fsp3) is 0.250. The summed E-state index contributed by atoms with van der Waals surface area (Å²) < 4.78 is 0. The summed E-state index contributed by atoms with van der Waals surface area (Å²) in [5, 5.41) is 8.86. The normalized spacial score (nSPS) is 10.0. The van der Waals surface area contributed by atoms with Gasteiger partial charge in [0.15, 0.2) is 5.69 Å². The van der Waals surface area contributed by atoms with Gasteiger partial charge in [-0.1, -0.05) is 18.5 Å². The van der Waals surface area contributed by atoms with Crippen molar-refractivity contribution in [3.63, 3.8) is 0 Å². The number of halogens is 1. The molecule has 13 heavy (non-hydrogen) atoms. The van der Waals surface area contributed by atoms with E-state index < -0.39 is 5.97 Å². The van der Waals surface area contributed by atoms with E-state index >= 15 is 0 Å². The molecule has 0 amide bonds. The van der Waals surface area contributed by atoms with Crippen molar-refractivity contribution in [2.45, 2.75) is 13.3 Å². The highest BCUT2D eigenvalue weighted by Gasteiger charge is 2.12. The predicted molar refractivity (Wildman–Crippen MR) is 50.0 cm³/mol. The van der Waals surface area contributed by atoms with E-state index in [1.807, 2.05) is 6.92 Å². The molecule has 4 nitrogen and oxygen atoms in total. The van der Waals surface area contributed by atoms with E-state index in [1.165, 1.54) is 0 Å². The lowest BCUT2D eigenvalue weighted by Gasteiger charge is -2.04. The number of nitrogens with zero attached hydrogens (tertiary/aromatic N) is 1. The van der Waals surface area contributed by atoms with Crippen LogP contribution in [-0.4, -0.2) is 16.1 Å². The number of pyridine rings is 1. The number of aromatic nitrogens is 1. The van der Waals surface area contributed by atoms with Gasteiger partial charge in [0.1, 0.15) is 5.15 Å². The molecule has 0 spiro atoms. The number of rotatable bonds is 2. The molecule has 0 aliphatic rings. The van der Waals surface area contributed by atoms with Gasteiger partial charge in [-0.05, 0) is 18.1 Å². The van der Waals surface area contributed by atoms with Crippen molar-refractivity contribution in [3.8, 4) is 0 Å². The summed E-state index contributed by atoms with van der Waals surface area (Å²) in [6, 6.07) is 1.54. The smallest absolute Gasteiger partial charge is 0.356 e. The van der Waals surface area contributed by atoms with Crippen LogP contribution in [0, 0.1) is 0 Å². The molecule has 0 fully saturated rings. The van der Waals surface area contributed by atoms with Crippen molar-refractivity contribution >= 4 is 23.3 Å². The summed E-state index contributed by atoms with van der Waals surface area (Å²) in [6.07, 6.45) is 0.677. The molecular formula is C8H9ClN2O2. The molecule has 0 saturated carbocycles. The Balaban J connectivity index is 3.28. The number of nitrogens with two attached hydrogens (primary N) is 1. The van der Waals surface area contributed by atoms with Crippen LogP contribution < -0.4 is 5.73 Å². The standard InChI is InChI=1S/C8H9ClN2O2/c1-2-4-3-5(10)6(8(12)13)11-7(4)9/h3H,2,10H2,1H3,(H,12,13). The maximum absolute atomic E-state index is 10.6. The zero-order chi connectivity index (χ0) is 10.0. The Labute approximate surface area is 80.3 Å². The van der Waals surface area contributed by atoms with Crippen molar-refractivity contribution < 1.29 is 9.90 Å². The number of aryl methyl sites for hydroxylation is 1. The van der Waals surface area contributed by atoms with E-state index in [-0.39, 0.29) is 16.5 Å². The average Bonchev–Trinajstić information content (AvgIpc) is 2.07. The van der Waals surface area contributed by atoms with Crippen LogP contribution in [0.3, 0.4) is 0 Å². The first-order valence-corrected chi connectivity index (χ1v) is 4.12. The second-order valence-corrected chi connectivity index (χ2v) is 2.89. The molecule has 0 aromatic carbocycles. The third kappa shape index (κ3) is 1.89. The lowest BCUT2D eigenvalue weighted by atomic mass is 10.2. The summed E-state index contributed by atoms with van der Waals surface area (Å²) in [6.45, 7) is 1.89. The van der Waals surface area contributed by atoms with Crippen molar-refractivity contribution in [2.75, 3.05) is 5.73 Å². The number of hydrogen-bond acceptors (Lipinski definition) is 3. The van der Waals surface area contributed by atoms with E-state index in [4.69, 9.17) is 22.4 Å². The van der Waals surface area contributed by atoms with Crippen LogP contribution in [0.25, 0.3) is 0 Å². The fourth-order valence-electron chi connectivity index (χ4n) is 0.969. The first-order valence-electron chi connectivity index (χ1n) is 3.74. The molecular weight excluding hydrogens is 192 g/mol. The summed E-state index contributed by atoms with van der Waals surface area (Å²) >= 11 is 5.72. The molecule has 0 unspecified atom stereocenters.